The number of anilines is 1. The fraction of sp³-hybridized carbons (Fsp3) is 0.214. The molecule has 0 saturated carbocycles. The highest BCUT2D eigenvalue weighted by atomic mass is 32.2. The Kier molecular flexibility index (Phi) is 4.24. The lowest BCUT2D eigenvalue weighted by Gasteiger charge is -2.10. The van der Waals surface area contributed by atoms with E-state index in [1.807, 2.05) is 6.92 Å². The number of pyridine rings is 1. The topological polar surface area (TPSA) is 85.1 Å². The van der Waals surface area contributed by atoms with Gasteiger partial charge in [-0.2, -0.15) is 0 Å². The number of rotatable bonds is 4. The second-order valence-electron chi connectivity index (χ2n) is 4.75. The highest BCUT2D eigenvalue weighted by Gasteiger charge is 2.17. The molecule has 0 fully saturated rings. The van der Waals surface area contributed by atoms with Crippen LogP contribution in [0.4, 0.5) is 10.1 Å². The summed E-state index contributed by atoms with van der Waals surface area (Å²) in [5.41, 5.74) is 7.62. The number of nitrogen functional groups attached to an aromatic ring is 1. The molecule has 0 radical (unpaired) electrons. The zero-order valence-electron chi connectivity index (χ0n) is 11.7. The van der Waals surface area contributed by atoms with Crippen LogP contribution in [0.25, 0.3) is 0 Å². The van der Waals surface area contributed by atoms with Gasteiger partial charge in [0.25, 0.3) is 0 Å². The molecule has 3 N–H and O–H groups in total. The van der Waals surface area contributed by atoms with E-state index in [0.717, 1.165) is 17.2 Å². The summed E-state index contributed by atoms with van der Waals surface area (Å²) >= 11 is 0. The van der Waals surface area contributed by atoms with E-state index in [9.17, 15) is 12.8 Å². The molecule has 0 aliphatic rings. The summed E-state index contributed by atoms with van der Waals surface area (Å²) in [6.45, 7) is 3.43. The number of aryl methyl sites for hydroxylation is 1. The largest absolute Gasteiger partial charge is 0.398 e. The summed E-state index contributed by atoms with van der Waals surface area (Å²) in [6, 6.07) is 3.99. The second kappa shape index (κ2) is 5.79. The van der Waals surface area contributed by atoms with Crippen molar-refractivity contribution in [3.63, 3.8) is 0 Å². The van der Waals surface area contributed by atoms with E-state index in [0.29, 0.717) is 0 Å². The summed E-state index contributed by atoms with van der Waals surface area (Å²) in [7, 11) is -3.83. The van der Waals surface area contributed by atoms with Crippen molar-refractivity contribution in [1.82, 2.24) is 9.71 Å². The Bertz CT molecular complexity index is 753. The zero-order chi connectivity index (χ0) is 15.6. The normalized spacial score (nSPS) is 11.6. The van der Waals surface area contributed by atoms with E-state index in [1.165, 1.54) is 13.0 Å². The van der Waals surface area contributed by atoms with E-state index in [-0.39, 0.29) is 22.7 Å². The Balaban J connectivity index is 2.25. The van der Waals surface area contributed by atoms with Gasteiger partial charge in [0.1, 0.15) is 5.82 Å². The van der Waals surface area contributed by atoms with Gasteiger partial charge in [-0.1, -0.05) is 0 Å². The number of hydrogen-bond acceptors (Lipinski definition) is 4. The molecule has 0 atom stereocenters. The van der Waals surface area contributed by atoms with Crippen molar-refractivity contribution < 1.29 is 12.8 Å². The smallest absolute Gasteiger partial charge is 0.241 e. The Hall–Kier alpha value is -1.99. The summed E-state index contributed by atoms with van der Waals surface area (Å²) < 4.78 is 40.4. The van der Waals surface area contributed by atoms with Crippen LogP contribution in [0.3, 0.4) is 0 Å². The standard InChI is InChI=1S/C14H16FN3O2S/c1-9-3-4-17-7-11(9)8-18-21(19,20)12-5-13(15)10(2)14(16)6-12/h3-7,18H,8,16H2,1-2H3. The molecular weight excluding hydrogens is 293 g/mol. The van der Waals surface area contributed by atoms with E-state index in [1.54, 1.807) is 18.5 Å². The molecular formula is C14H16FN3O2S. The minimum absolute atomic E-state index is 0.0808. The Morgan fingerprint density at radius 1 is 1.33 bits per heavy atom. The van der Waals surface area contributed by atoms with Gasteiger partial charge in [-0.25, -0.2) is 17.5 Å². The van der Waals surface area contributed by atoms with Crippen molar-refractivity contribution in [1.29, 1.82) is 0 Å². The SMILES string of the molecule is Cc1ccncc1CNS(=O)(=O)c1cc(N)c(C)c(F)c1. The molecule has 21 heavy (non-hydrogen) atoms. The first kappa shape index (κ1) is 15.4. The number of benzene rings is 1. The summed E-state index contributed by atoms with van der Waals surface area (Å²) in [5.74, 6) is -0.645. The van der Waals surface area contributed by atoms with Gasteiger partial charge in [0.05, 0.1) is 4.90 Å². The number of nitrogens with one attached hydrogen (secondary N) is 1. The molecule has 0 unspecified atom stereocenters. The minimum Gasteiger partial charge on any atom is -0.398 e. The number of halogens is 1. The molecule has 0 spiro atoms. The Morgan fingerprint density at radius 2 is 2.05 bits per heavy atom. The van der Waals surface area contributed by atoms with E-state index < -0.39 is 15.8 Å². The number of hydrogen-bond donors (Lipinski definition) is 2. The second-order valence-corrected chi connectivity index (χ2v) is 6.51. The summed E-state index contributed by atoms with van der Waals surface area (Å²) in [5, 5.41) is 0. The quantitative estimate of drug-likeness (QED) is 0.845. The molecule has 5 nitrogen and oxygen atoms in total. The predicted molar refractivity (Wildman–Crippen MR) is 78.5 cm³/mol. The number of nitrogens with two attached hydrogens (primary N) is 1. The van der Waals surface area contributed by atoms with Crippen LogP contribution in [0.5, 0.6) is 0 Å². The van der Waals surface area contributed by atoms with Gasteiger partial charge >= 0.3 is 0 Å². The van der Waals surface area contributed by atoms with Crippen LogP contribution in [0.1, 0.15) is 16.7 Å². The zero-order valence-corrected chi connectivity index (χ0v) is 12.5. The van der Waals surface area contributed by atoms with Crippen LogP contribution in [-0.4, -0.2) is 13.4 Å². The highest BCUT2D eigenvalue weighted by Crippen LogP contribution is 2.21. The molecule has 7 heteroatoms. The number of sulfonamides is 1. The van der Waals surface area contributed by atoms with Gasteiger partial charge in [0.2, 0.25) is 10.0 Å². The molecule has 0 saturated heterocycles. The van der Waals surface area contributed by atoms with Crippen molar-refractivity contribution in [2.45, 2.75) is 25.3 Å². The van der Waals surface area contributed by atoms with E-state index >= 15 is 0 Å². The van der Waals surface area contributed by atoms with Gasteiger partial charge in [-0.3, -0.25) is 4.98 Å². The molecule has 0 amide bonds. The van der Waals surface area contributed by atoms with Gasteiger partial charge in [0.15, 0.2) is 0 Å². The fourth-order valence-electron chi connectivity index (χ4n) is 1.77. The maximum Gasteiger partial charge on any atom is 0.241 e. The molecule has 2 aromatic rings. The number of aromatic nitrogens is 1. The molecule has 1 aromatic carbocycles. The van der Waals surface area contributed by atoms with Gasteiger partial charge in [-0.05, 0) is 43.2 Å². The molecule has 0 bridgehead atoms. The van der Waals surface area contributed by atoms with Crippen molar-refractivity contribution in [2.75, 3.05) is 5.73 Å². The van der Waals surface area contributed by atoms with Crippen LogP contribution >= 0.6 is 0 Å². The first-order valence-corrected chi connectivity index (χ1v) is 7.74. The van der Waals surface area contributed by atoms with Crippen LogP contribution < -0.4 is 10.5 Å². The van der Waals surface area contributed by atoms with Gasteiger partial charge in [-0.15, -0.1) is 0 Å². The maximum atomic E-state index is 13.6. The van der Waals surface area contributed by atoms with Crippen molar-refractivity contribution in [3.8, 4) is 0 Å². The third-order valence-electron chi connectivity index (χ3n) is 3.27. The lowest BCUT2D eigenvalue weighted by Crippen LogP contribution is -2.24. The summed E-state index contributed by atoms with van der Waals surface area (Å²) in [6.07, 6.45) is 3.21. The van der Waals surface area contributed by atoms with Crippen LogP contribution in [0.2, 0.25) is 0 Å². The van der Waals surface area contributed by atoms with Crippen molar-refractivity contribution in [2.24, 2.45) is 0 Å². The van der Waals surface area contributed by atoms with Gasteiger partial charge < -0.3 is 5.73 Å². The van der Waals surface area contributed by atoms with E-state index in [4.69, 9.17) is 5.73 Å². The molecule has 0 aliphatic carbocycles. The molecule has 112 valence electrons. The third kappa shape index (κ3) is 3.37. The van der Waals surface area contributed by atoms with Gasteiger partial charge in [0, 0.05) is 30.2 Å². The van der Waals surface area contributed by atoms with Crippen molar-refractivity contribution >= 4 is 15.7 Å². The molecule has 1 aromatic heterocycles. The highest BCUT2D eigenvalue weighted by molar-refractivity contribution is 7.89. The minimum atomic E-state index is -3.83. The molecule has 1 heterocycles. The predicted octanol–water partition coefficient (Wildman–Crippen LogP) is 1.90. The average molecular weight is 309 g/mol. The lowest BCUT2D eigenvalue weighted by molar-refractivity contribution is 0.576. The Labute approximate surface area is 123 Å². The lowest BCUT2D eigenvalue weighted by atomic mass is 10.2. The molecule has 2 rings (SSSR count). The van der Waals surface area contributed by atoms with E-state index in [2.05, 4.69) is 9.71 Å². The Morgan fingerprint density at radius 3 is 2.67 bits per heavy atom. The fourth-order valence-corrected chi connectivity index (χ4v) is 2.82. The monoisotopic (exact) mass is 309 g/mol. The third-order valence-corrected chi connectivity index (χ3v) is 4.65. The average Bonchev–Trinajstić information content (AvgIpc) is 2.43. The van der Waals surface area contributed by atoms with Crippen LogP contribution in [0, 0.1) is 19.7 Å². The van der Waals surface area contributed by atoms with Crippen LogP contribution in [-0.2, 0) is 16.6 Å². The molecule has 0 aliphatic heterocycles. The van der Waals surface area contributed by atoms with Crippen LogP contribution in [0.15, 0.2) is 35.5 Å². The summed E-state index contributed by atoms with van der Waals surface area (Å²) in [4.78, 5) is 3.75. The first-order chi connectivity index (χ1) is 9.81. The van der Waals surface area contributed by atoms with Crippen molar-refractivity contribution in [3.05, 3.63) is 53.1 Å². The first-order valence-electron chi connectivity index (χ1n) is 6.26. The maximum absolute atomic E-state index is 13.6. The number of nitrogens with zero attached hydrogens (tertiary/aromatic N) is 1.